The Hall–Kier alpha value is -0.840. The molecule has 1 rings (SSSR count). The smallest absolute Gasteiger partial charge is 0.118 e. The van der Waals surface area contributed by atoms with Crippen LogP contribution in [0.4, 0.5) is 0 Å². The average Bonchev–Trinajstić information content (AvgIpc) is 2.85. The highest BCUT2D eigenvalue weighted by atomic mass is 16.3. The second-order valence-corrected chi connectivity index (χ2v) is 5.62. The largest absolute Gasteiger partial charge is 0.468 e. The summed E-state index contributed by atoms with van der Waals surface area (Å²) in [6.07, 6.45) is 4.25. The molecule has 116 valence electrons. The van der Waals surface area contributed by atoms with Crippen molar-refractivity contribution in [1.29, 1.82) is 0 Å². The fraction of sp³-hybridized carbons (Fsp3) is 0.750. The van der Waals surface area contributed by atoms with Crippen LogP contribution in [0.15, 0.2) is 16.7 Å². The van der Waals surface area contributed by atoms with Crippen molar-refractivity contribution >= 4 is 0 Å². The summed E-state index contributed by atoms with van der Waals surface area (Å²) in [6, 6.07) is 2.18. The Morgan fingerprint density at radius 3 is 2.65 bits per heavy atom. The Bertz CT molecular complexity index is 349. The first-order valence-corrected chi connectivity index (χ1v) is 7.79. The Labute approximate surface area is 124 Å². The molecule has 0 saturated carbocycles. The molecule has 1 aromatic rings. The predicted molar refractivity (Wildman–Crippen MR) is 84.8 cm³/mol. The highest BCUT2D eigenvalue weighted by Crippen LogP contribution is 2.11. The molecule has 1 heterocycles. The van der Waals surface area contributed by atoms with Gasteiger partial charge in [0.05, 0.1) is 12.8 Å². The molecule has 0 aliphatic carbocycles. The van der Waals surface area contributed by atoms with Crippen molar-refractivity contribution in [2.24, 2.45) is 0 Å². The summed E-state index contributed by atoms with van der Waals surface area (Å²) in [6.45, 7) is 10.6. The van der Waals surface area contributed by atoms with Crippen LogP contribution in [0, 0.1) is 0 Å². The van der Waals surface area contributed by atoms with E-state index in [0.29, 0.717) is 0 Å². The topological polar surface area (TPSA) is 31.7 Å². The predicted octanol–water partition coefficient (Wildman–Crippen LogP) is 2.55. The maximum atomic E-state index is 5.66. The first kappa shape index (κ1) is 17.2. The molecule has 0 bridgehead atoms. The molecular formula is C16H31N3O. The number of rotatable bonds is 11. The van der Waals surface area contributed by atoms with E-state index in [1.807, 2.05) is 6.26 Å². The third-order valence-corrected chi connectivity index (χ3v) is 3.37. The zero-order valence-electron chi connectivity index (χ0n) is 13.6. The molecule has 0 unspecified atom stereocenters. The van der Waals surface area contributed by atoms with Gasteiger partial charge < -0.3 is 14.6 Å². The summed E-state index contributed by atoms with van der Waals surface area (Å²) in [5, 5.41) is 3.40. The lowest BCUT2D eigenvalue weighted by Gasteiger charge is -2.20. The van der Waals surface area contributed by atoms with Gasteiger partial charge in [-0.3, -0.25) is 4.90 Å². The lowest BCUT2D eigenvalue weighted by molar-refractivity contribution is 0.240. The Morgan fingerprint density at radius 2 is 2.00 bits per heavy atom. The van der Waals surface area contributed by atoms with Gasteiger partial charge in [0.1, 0.15) is 5.76 Å². The number of nitrogens with zero attached hydrogens (tertiary/aromatic N) is 2. The molecular weight excluding hydrogens is 250 g/mol. The quantitative estimate of drug-likeness (QED) is 0.632. The molecule has 0 amide bonds. The van der Waals surface area contributed by atoms with Crippen LogP contribution in [0.25, 0.3) is 0 Å². The second-order valence-electron chi connectivity index (χ2n) is 5.62. The SMILES string of the molecule is CCCNCc1coc(CN(CC)CCCN(C)C)c1. The van der Waals surface area contributed by atoms with E-state index < -0.39 is 0 Å². The summed E-state index contributed by atoms with van der Waals surface area (Å²) in [4.78, 5) is 4.67. The summed E-state index contributed by atoms with van der Waals surface area (Å²) in [5.41, 5.74) is 1.25. The average molecular weight is 281 g/mol. The third-order valence-electron chi connectivity index (χ3n) is 3.37. The molecule has 20 heavy (non-hydrogen) atoms. The van der Waals surface area contributed by atoms with Crippen LogP contribution < -0.4 is 5.32 Å². The number of hydrogen-bond acceptors (Lipinski definition) is 4. The van der Waals surface area contributed by atoms with Gasteiger partial charge in [-0.25, -0.2) is 0 Å². The van der Waals surface area contributed by atoms with E-state index in [1.165, 1.54) is 18.4 Å². The molecule has 0 aliphatic rings. The van der Waals surface area contributed by atoms with Crippen molar-refractivity contribution in [1.82, 2.24) is 15.1 Å². The first-order valence-electron chi connectivity index (χ1n) is 7.79. The fourth-order valence-electron chi connectivity index (χ4n) is 2.19. The number of furan rings is 1. The van der Waals surface area contributed by atoms with E-state index in [-0.39, 0.29) is 0 Å². The van der Waals surface area contributed by atoms with Gasteiger partial charge in [0.15, 0.2) is 0 Å². The van der Waals surface area contributed by atoms with Gasteiger partial charge >= 0.3 is 0 Å². The molecule has 0 aliphatic heterocycles. The third kappa shape index (κ3) is 7.08. The van der Waals surface area contributed by atoms with E-state index in [1.54, 1.807) is 0 Å². The molecule has 0 aromatic carbocycles. The molecule has 0 spiro atoms. The zero-order valence-corrected chi connectivity index (χ0v) is 13.6. The van der Waals surface area contributed by atoms with Crippen LogP contribution in [-0.2, 0) is 13.1 Å². The highest BCUT2D eigenvalue weighted by Gasteiger charge is 2.07. The standard InChI is InChI=1S/C16H31N3O/c1-5-8-17-12-15-11-16(20-14-15)13-19(6-2)10-7-9-18(3)4/h11,14,17H,5-10,12-13H2,1-4H3. The van der Waals surface area contributed by atoms with Crippen LogP contribution in [0.5, 0.6) is 0 Å². The van der Waals surface area contributed by atoms with E-state index in [9.17, 15) is 0 Å². The minimum atomic E-state index is 0.907. The van der Waals surface area contributed by atoms with Gasteiger partial charge in [-0.2, -0.15) is 0 Å². The Kier molecular flexibility index (Phi) is 8.58. The van der Waals surface area contributed by atoms with Crippen LogP contribution in [0.1, 0.15) is 38.0 Å². The number of nitrogens with one attached hydrogen (secondary N) is 1. The summed E-state index contributed by atoms with van der Waals surface area (Å²) >= 11 is 0. The Balaban J connectivity index is 2.33. The van der Waals surface area contributed by atoms with Crippen LogP contribution in [0.2, 0.25) is 0 Å². The van der Waals surface area contributed by atoms with Crippen molar-refractivity contribution in [3.05, 3.63) is 23.7 Å². The van der Waals surface area contributed by atoms with Crippen molar-refractivity contribution in [2.75, 3.05) is 40.3 Å². The van der Waals surface area contributed by atoms with Gasteiger partial charge in [0.25, 0.3) is 0 Å². The lowest BCUT2D eigenvalue weighted by atomic mass is 10.3. The number of hydrogen-bond donors (Lipinski definition) is 1. The van der Waals surface area contributed by atoms with Gasteiger partial charge in [-0.1, -0.05) is 13.8 Å². The van der Waals surface area contributed by atoms with Crippen LogP contribution in [0.3, 0.4) is 0 Å². The minimum absolute atomic E-state index is 0.907. The summed E-state index contributed by atoms with van der Waals surface area (Å²) in [5.74, 6) is 1.07. The summed E-state index contributed by atoms with van der Waals surface area (Å²) in [7, 11) is 4.25. The zero-order chi connectivity index (χ0) is 14.8. The molecule has 0 radical (unpaired) electrons. The van der Waals surface area contributed by atoms with E-state index in [4.69, 9.17) is 4.42 Å². The van der Waals surface area contributed by atoms with Crippen molar-refractivity contribution in [2.45, 2.75) is 39.8 Å². The van der Waals surface area contributed by atoms with Gasteiger partial charge in [0.2, 0.25) is 0 Å². The molecule has 1 N–H and O–H groups in total. The van der Waals surface area contributed by atoms with E-state index in [0.717, 1.165) is 45.0 Å². The first-order chi connectivity index (χ1) is 9.65. The molecule has 0 atom stereocenters. The van der Waals surface area contributed by atoms with Gasteiger partial charge in [-0.05, 0) is 59.2 Å². The summed E-state index contributed by atoms with van der Waals surface area (Å²) < 4.78 is 5.66. The second kappa shape index (κ2) is 9.97. The normalized spacial score (nSPS) is 11.7. The van der Waals surface area contributed by atoms with Crippen LogP contribution >= 0.6 is 0 Å². The minimum Gasteiger partial charge on any atom is -0.468 e. The van der Waals surface area contributed by atoms with E-state index in [2.05, 4.69) is 49.1 Å². The lowest BCUT2D eigenvalue weighted by Crippen LogP contribution is -2.26. The van der Waals surface area contributed by atoms with Crippen LogP contribution in [-0.4, -0.2) is 50.1 Å². The molecule has 4 heteroatoms. The van der Waals surface area contributed by atoms with Crippen molar-refractivity contribution in [3.8, 4) is 0 Å². The monoisotopic (exact) mass is 281 g/mol. The van der Waals surface area contributed by atoms with E-state index >= 15 is 0 Å². The van der Waals surface area contributed by atoms with Gasteiger partial charge in [0, 0.05) is 12.1 Å². The highest BCUT2D eigenvalue weighted by molar-refractivity contribution is 5.12. The molecule has 0 fully saturated rings. The van der Waals surface area contributed by atoms with Crippen molar-refractivity contribution in [3.63, 3.8) is 0 Å². The Morgan fingerprint density at radius 1 is 1.20 bits per heavy atom. The maximum Gasteiger partial charge on any atom is 0.118 e. The maximum absolute atomic E-state index is 5.66. The fourth-order valence-corrected chi connectivity index (χ4v) is 2.19. The van der Waals surface area contributed by atoms with Crippen molar-refractivity contribution < 1.29 is 4.42 Å². The molecule has 1 aromatic heterocycles. The molecule has 0 saturated heterocycles. The molecule has 4 nitrogen and oxygen atoms in total. The van der Waals surface area contributed by atoms with Gasteiger partial charge in [-0.15, -0.1) is 0 Å².